The van der Waals surface area contributed by atoms with Gasteiger partial charge in [0.05, 0.1) is 0 Å². The fourth-order valence-electron chi connectivity index (χ4n) is 2.59. The number of piperazine rings is 1. The van der Waals surface area contributed by atoms with E-state index in [0.29, 0.717) is 6.54 Å². The maximum atomic E-state index is 12.2. The van der Waals surface area contributed by atoms with Gasteiger partial charge in [-0.05, 0) is 25.7 Å². The lowest BCUT2D eigenvalue weighted by molar-refractivity contribution is -0.149. The molecule has 2 unspecified atom stereocenters. The normalized spacial score (nSPS) is 24.6. The third-order valence-electron chi connectivity index (χ3n) is 3.91. The monoisotopic (exact) mass is 268 g/mol. The maximum absolute atomic E-state index is 12.2. The molecular weight excluding hydrogens is 240 g/mol. The Kier molecular flexibility index (Phi) is 5.39. The van der Waals surface area contributed by atoms with Crippen molar-refractivity contribution in [3.05, 3.63) is 0 Å². The van der Waals surface area contributed by atoms with Crippen LogP contribution in [-0.4, -0.2) is 35.3 Å². The van der Waals surface area contributed by atoms with E-state index < -0.39 is 6.04 Å². The van der Waals surface area contributed by atoms with Crippen LogP contribution >= 0.6 is 0 Å². The van der Waals surface area contributed by atoms with Gasteiger partial charge in [0.2, 0.25) is 11.8 Å². The number of carbonyl (C=O) groups excluding carboxylic acids is 2. The minimum Gasteiger partial charge on any atom is -0.343 e. The summed E-state index contributed by atoms with van der Waals surface area (Å²) in [6, 6.07) is -0.746. The first-order chi connectivity index (χ1) is 8.78. The minimum atomic E-state index is -0.393. The Morgan fingerprint density at radius 1 is 1.21 bits per heavy atom. The van der Waals surface area contributed by atoms with Crippen LogP contribution in [0.15, 0.2) is 0 Å². The van der Waals surface area contributed by atoms with Gasteiger partial charge in [-0.2, -0.15) is 0 Å². The van der Waals surface area contributed by atoms with Crippen molar-refractivity contribution in [3.8, 4) is 0 Å². The average molecular weight is 268 g/mol. The third-order valence-corrected chi connectivity index (χ3v) is 3.91. The highest BCUT2D eigenvalue weighted by Crippen LogP contribution is 2.27. The predicted molar refractivity (Wildman–Crippen MR) is 76.7 cm³/mol. The summed E-state index contributed by atoms with van der Waals surface area (Å²) in [6.07, 6.45) is 4.70. The van der Waals surface area contributed by atoms with Crippen molar-refractivity contribution in [2.75, 3.05) is 6.54 Å². The summed E-state index contributed by atoms with van der Waals surface area (Å²) < 4.78 is 0. The Labute approximate surface area is 116 Å². The smallest absolute Gasteiger partial charge is 0.245 e. The van der Waals surface area contributed by atoms with Crippen LogP contribution in [0.5, 0.6) is 0 Å². The van der Waals surface area contributed by atoms with Gasteiger partial charge in [-0.1, -0.05) is 40.0 Å². The second-order valence-corrected chi connectivity index (χ2v) is 6.49. The molecule has 0 saturated carbocycles. The highest BCUT2D eigenvalue weighted by atomic mass is 16.2. The van der Waals surface area contributed by atoms with Crippen LogP contribution in [0.25, 0.3) is 0 Å². The standard InChI is InChI=1S/C15H28N2O2/c1-6-7-8-9-15(4,5)10-17-12(3)13(18)16-11(2)14(17)19/h11-12H,6-10H2,1-5H3,(H,16,18). The zero-order valence-electron chi connectivity index (χ0n) is 13.0. The van der Waals surface area contributed by atoms with E-state index in [2.05, 4.69) is 26.1 Å². The molecular formula is C15H28N2O2. The number of amides is 2. The molecule has 110 valence electrons. The van der Waals surface area contributed by atoms with Gasteiger partial charge in [0.15, 0.2) is 0 Å². The van der Waals surface area contributed by atoms with E-state index >= 15 is 0 Å². The van der Waals surface area contributed by atoms with E-state index in [1.54, 1.807) is 18.7 Å². The van der Waals surface area contributed by atoms with Crippen molar-refractivity contribution >= 4 is 11.8 Å². The van der Waals surface area contributed by atoms with E-state index in [1.807, 2.05) is 0 Å². The summed E-state index contributed by atoms with van der Waals surface area (Å²) in [6.45, 7) is 10.8. The topological polar surface area (TPSA) is 49.4 Å². The van der Waals surface area contributed by atoms with Gasteiger partial charge < -0.3 is 10.2 Å². The van der Waals surface area contributed by atoms with Crippen molar-refractivity contribution in [2.45, 2.75) is 72.4 Å². The van der Waals surface area contributed by atoms with Gasteiger partial charge in [0, 0.05) is 6.54 Å². The zero-order valence-corrected chi connectivity index (χ0v) is 13.0. The Morgan fingerprint density at radius 2 is 1.84 bits per heavy atom. The first-order valence-corrected chi connectivity index (χ1v) is 7.39. The van der Waals surface area contributed by atoms with E-state index in [4.69, 9.17) is 0 Å². The number of unbranched alkanes of at least 4 members (excludes halogenated alkanes) is 2. The molecule has 1 aliphatic heterocycles. The quantitative estimate of drug-likeness (QED) is 0.752. The highest BCUT2D eigenvalue weighted by Gasteiger charge is 2.38. The van der Waals surface area contributed by atoms with Gasteiger partial charge in [0.1, 0.15) is 12.1 Å². The molecule has 2 atom stereocenters. The average Bonchev–Trinajstić information content (AvgIpc) is 2.32. The van der Waals surface area contributed by atoms with Crippen LogP contribution in [0.4, 0.5) is 0 Å². The third kappa shape index (κ3) is 4.22. The lowest BCUT2D eigenvalue weighted by Gasteiger charge is -2.40. The van der Waals surface area contributed by atoms with Crippen molar-refractivity contribution in [1.29, 1.82) is 0 Å². The fraction of sp³-hybridized carbons (Fsp3) is 0.867. The van der Waals surface area contributed by atoms with Crippen LogP contribution < -0.4 is 5.32 Å². The molecule has 19 heavy (non-hydrogen) atoms. The number of nitrogens with one attached hydrogen (secondary N) is 1. The summed E-state index contributed by atoms with van der Waals surface area (Å²) in [4.78, 5) is 25.7. The van der Waals surface area contributed by atoms with E-state index in [9.17, 15) is 9.59 Å². The number of nitrogens with zero attached hydrogens (tertiary/aromatic N) is 1. The molecule has 1 heterocycles. The summed E-state index contributed by atoms with van der Waals surface area (Å²) in [5, 5.41) is 2.72. The summed E-state index contributed by atoms with van der Waals surface area (Å²) >= 11 is 0. The van der Waals surface area contributed by atoms with Crippen LogP contribution in [0.3, 0.4) is 0 Å². The molecule has 0 aromatic rings. The van der Waals surface area contributed by atoms with Crippen LogP contribution in [0.1, 0.15) is 60.3 Å². The molecule has 0 radical (unpaired) electrons. The fourth-order valence-corrected chi connectivity index (χ4v) is 2.59. The number of rotatable bonds is 6. The van der Waals surface area contributed by atoms with Gasteiger partial charge >= 0.3 is 0 Å². The van der Waals surface area contributed by atoms with Gasteiger partial charge in [0.25, 0.3) is 0 Å². The number of hydrogen-bond acceptors (Lipinski definition) is 2. The molecule has 1 N–H and O–H groups in total. The first-order valence-electron chi connectivity index (χ1n) is 7.39. The van der Waals surface area contributed by atoms with E-state index in [1.165, 1.54) is 19.3 Å². The van der Waals surface area contributed by atoms with Crippen LogP contribution in [0, 0.1) is 5.41 Å². The van der Waals surface area contributed by atoms with Crippen molar-refractivity contribution in [1.82, 2.24) is 10.2 Å². The predicted octanol–water partition coefficient (Wildman–Crippen LogP) is 2.33. The van der Waals surface area contributed by atoms with Crippen LogP contribution in [-0.2, 0) is 9.59 Å². The van der Waals surface area contributed by atoms with Crippen molar-refractivity contribution < 1.29 is 9.59 Å². The minimum absolute atomic E-state index is 0.0377. The molecule has 4 nitrogen and oxygen atoms in total. The molecule has 1 rings (SSSR count). The Bertz CT molecular complexity index is 339. The second-order valence-electron chi connectivity index (χ2n) is 6.49. The molecule has 0 aliphatic carbocycles. The Hall–Kier alpha value is -1.06. The molecule has 0 bridgehead atoms. The first kappa shape index (κ1) is 16.0. The highest BCUT2D eigenvalue weighted by molar-refractivity contribution is 5.96. The largest absolute Gasteiger partial charge is 0.343 e. The summed E-state index contributed by atoms with van der Waals surface area (Å²) in [5.74, 6) is -0.00729. The molecule has 4 heteroatoms. The maximum Gasteiger partial charge on any atom is 0.245 e. The van der Waals surface area contributed by atoms with Crippen molar-refractivity contribution in [3.63, 3.8) is 0 Å². The van der Waals surface area contributed by atoms with Gasteiger partial charge in [-0.25, -0.2) is 0 Å². The zero-order chi connectivity index (χ0) is 14.6. The SMILES string of the molecule is CCCCCC(C)(C)CN1C(=O)C(C)NC(=O)C1C. The summed E-state index contributed by atoms with van der Waals surface area (Å²) in [5.41, 5.74) is 0.0659. The molecule has 0 spiro atoms. The molecule has 2 amide bonds. The molecule has 1 fully saturated rings. The van der Waals surface area contributed by atoms with E-state index in [-0.39, 0.29) is 23.3 Å². The van der Waals surface area contributed by atoms with E-state index in [0.717, 1.165) is 6.42 Å². The number of carbonyl (C=O) groups is 2. The molecule has 0 aromatic heterocycles. The Morgan fingerprint density at radius 3 is 2.42 bits per heavy atom. The van der Waals surface area contributed by atoms with Crippen molar-refractivity contribution in [2.24, 2.45) is 5.41 Å². The van der Waals surface area contributed by atoms with Gasteiger partial charge in [-0.3, -0.25) is 9.59 Å². The van der Waals surface area contributed by atoms with Crippen LogP contribution in [0.2, 0.25) is 0 Å². The Balaban J connectivity index is 2.66. The molecule has 0 aromatic carbocycles. The molecule has 1 saturated heterocycles. The second kappa shape index (κ2) is 6.40. The summed E-state index contributed by atoms with van der Waals surface area (Å²) in [7, 11) is 0. The number of hydrogen-bond donors (Lipinski definition) is 1. The lowest BCUT2D eigenvalue weighted by Crippen LogP contribution is -2.62. The lowest BCUT2D eigenvalue weighted by atomic mass is 9.85. The molecule has 1 aliphatic rings. The van der Waals surface area contributed by atoms with Gasteiger partial charge in [-0.15, -0.1) is 0 Å².